The zero-order valence-electron chi connectivity index (χ0n) is 15.4. The second-order valence-electron chi connectivity index (χ2n) is 5.68. The number of nitrogens with two attached hydrogens (primary N) is 3. The minimum atomic E-state index is -4.35. The Kier molecular flexibility index (Phi) is 8.52. The maximum Gasteiger partial charge on any atom is 0.392 e. The van der Waals surface area contributed by atoms with Crippen LogP contribution in [0.3, 0.4) is 0 Å². The fourth-order valence-corrected chi connectivity index (χ4v) is 2.10. The number of nitrogen functional groups attached to an aromatic ring is 1. The number of anilines is 1. The van der Waals surface area contributed by atoms with E-state index in [1.165, 1.54) is 18.2 Å². The number of amides is 1. The highest BCUT2D eigenvalue weighted by Crippen LogP contribution is 2.28. The number of rotatable bonds is 5. The molecule has 0 saturated heterocycles. The molecule has 0 unspecified atom stereocenters. The van der Waals surface area contributed by atoms with Gasteiger partial charge in [-0.1, -0.05) is 6.08 Å². The number of hydrogen-bond donors (Lipinski definition) is 3. The van der Waals surface area contributed by atoms with Crippen molar-refractivity contribution in [2.24, 2.45) is 11.6 Å². The Bertz CT molecular complexity index is 853. The topological polar surface area (TPSA) is 111 Å². The largest absolute Gasteiger partial charge is 0.398 e. The minimum absolute atomic E-state index is 0.128. The molecule has 0 fully saturated rings. The molecule has 158 valence electrons. The molecule has 1 aromatic carbocycles. The molecule has 1 heterocycles. The second-order valence-corrected chi connectivity index (χ2v) is 5.68. The van der Waals surface area contributed by atoms with Gasteiger partial charge in [-0.15, -0.1) is 0 Å². The Hall–Kier alpha value is -3.21. The number of alkyl halides is 3. The Labute approximate surface area is 163 Å². The molecule has 0 atom stereocenters. The van der Waals surface area contributed by atoms with Crippen LogP contribution in [0, 0.1) is 11.6 Å². The van der Waals surface area contributed by atoms with Crippen molar-refractivity contribution in [1.29, 1.82) is 0 Å². The lowest BCUT2D eigenvalue weighted by Gasteiger charge is -2.22. The Morgan fingerprint density at radius 1 is 1.17 bits per heavy atom. The van der Waals surface area contributed by atoms with E-state index < -0.39 is 30.1 Å². The molecule has 0 spiro atoms. The van der Waals surface area contributed by atoms with E-state index in [1.54, 1.807) is 6.92 Å². The van der Waals surface area contributed by atoms with Crippen LogP contribution in [0.2, 0.25) is 0 Å². The summed E-state index contributed by atoms with van der Waals surface area (Å²) in [6.07, 6.45) is -2.62. The predicted octanol–water partition coefficient (Wildman–Crippen LogP) is 3.22. The van der Waals surface area contributed by atoms with Gasteiger partial charge < -0.3 is 16.5 Å². The van der Waals surface area contributed by atoms with Crippen LogP contribution in [0.1, 0.15) is 29.3 Å². The van der Waals surface area contributed by atoms with Gasteiger partial charge in [0.25, 0.3) is 0 Å². The lowest BCUT2D eigenvalue weighted by Crippen LogP contribution is -2.29. The van der Waals surface area contributed by atoms with Crippen LogP contribution in [-0.2, 0) is 0 Å². The van der Waals surface area contributed by atoms with E-state index in [0.29, 0.717) is 12.1 Å². The van der Waals surface area contributed by atoms with Gasteiger partial charge in [-0.2, -0.15) is 13.2 Å². The van der Waals surface area contributed by atoms with Gasteiger partial charge in [0.2, 0.25) is 5.91 Å². The highest BCUT2D eigenvalue weighted by Gasteiger charge is 2.26. The number of primary amides is 1. The summed E-state index contributed by atoms with van der Waals surface area (Å²) in [4.78, 5) is 14.3. The SMILES string of the molecule is CCN(N)/C(=C\CC(F)(F)F)c1ccc(C(N)=O)cc1N.Fc1cncc(F)c1. The summed E-state index contributed by atoms with van der Waals surface area (Å²) in [5, 5.41) is 1.15. The summed E-state index contributed by atoms with van der Waals surface area (Å²) in [6.45, 7) is 1.98. The molecule has 2 rings (SSSR count). The number of hydrogen-bond acceptors (Lipinski definition) is 5. The van der Waals surface area contributed by atoms with Gasteiger partial charge in [-0.3, -0.25) is 9.78 Å². The second kappa shape index (κ2) is 10.4. The third-order valence-electron chi connectivity index (χ3n) is 3.46. The van der Waals surface area contributed by atoms with E-state index in [2.05, 4.69) is 4.98 Å². The molecule has 0 saturated carbocycles. The number of pyridine rings is 1. The molecule has 11 heteroatoms. The Morgan fingerprint density at radius 3 is 2.14 bits per heavy atom. The average Bonchev–Trinajstić information content (AvgIpc) is 2.62. The standard InChI is InChI=1S/C13H17F3N4O.C5H3F2N/c1-2-20(19)11(5-6-13(14,15)16)9-4-3-8(12(18)21)7-10(9)17;6-4-1-5(7)3-8-2-4/h3-5,7H,2,6,17,19H2,1H3,(H2,18,21);1-3H/b11-5-;. The molecule has 0 radical (unpaired) electrons. The van der Waals surface area contributed by atoms with Crippen molar-refractivity contribution < 1.29 is 26.7 Å². The molecule has 1 amide bonds. The maximum absolute atomic E-state index is 12.4. The summed E-state index contributed by atoms with van der Waals surface area (Å²) in [5.41, 5.74) is 11.7. The van der Waals surface area contributed by atoms with Gasteiger partial charge in [0.1, 0.15) is 11.6 Å². The monoisotopic (exact) mass is 417 g/mol. The number of allylic oxidation sites excluding steroid dienone is 1. The number of nitrogens with zero attached hydrogens (tertiary/aromatic N) is 2. The number of carbonyl (C=O) groups is 1. The third kappa shape index (κ3) is 8.13. The fourth-order valence-electron chi connectivity index (χ4n) is 2.10. The summed E-state index contributed by atoms with van der Waals surface area (Å²) in [5.74, 6) is 3.73. The van der Waals surface area contributed by atoms with Gasteiger partial charge in [0.05, 0.1) is 24.5 Å². The lowest BCUT2D eigenvalue weighted by molar-refractivity contribution is -0.125. The first kappa shape index (κ1) is 23.8. The molecule has 2 aromatic rings. The molecular formula is C18H20F5N5O. The summed E-state index contributed by atoms with van der Waals surface area (Å²) in [6, 6.07) is 4.89. The van der Waals surface area contributed by atoms with E-state index in [4.69, 9.17) is 17.3 Å². The predicted molar refractivity (Wildman–Crippen MR) is 98.7 cm³/mol. The van der Waals surface area contributed by atoms with Crippen molar-refractivity contribution in [3.8, 4) is 0 Å². The number of benzene rings is 1. The van der Waals surface area contributed by atoms with Gasteiger partial charge in [0, 0.05) is 29.4 Å². The average molecular weight is 417 g/mol. The first-order valence-corrected chi connectivity index (χ1v) is 8.19. The first-order valence-electron chi connectivity index (χ1n) is 8.19. The van der Waals surface area contributed by atoms with Crippen LogP contribution in [0.25, 0.3) is 5.70 Å². The third-order valence-corrected chi connectivity index (χ3v) is 3.46. The number of aromatic nitrogens is 1. The Balaban J connectivity index is 0.000000436. The van der Waals surface area contributed by atoms with Gasteiger partial charge in [-0.25, -0.2) is 14.6 Å². The summed E-state index contributed by atoms with van der Waals surface area (Å²) < 4.78 is 60.8. The van der Waals surface area contributed by atoms with Gasteiger partial charge in [0.15, 0.2) is 0 Å². The zero-order valence-corrected chi connectivity index (χ0v) is 15.4. The number of hydrazine groups is 1. The highest BCUT2D eigenvalue weighted by molar-refractivity contribution is 5.94. The van der Waals surface area contributed by atoms with Crippen molar-refractivity contribution >= 4 is 17.3 Å². The first-order chi connectivity index (χ1) is 13.4. The maximum atomic E-state index is 12.4. The van der Waals surface area contributed by atoms with Crippen molar-refractivity contribution in [2.75, 3.05) is 12.3 Å². The smallest absolute Gasteiger partial charge is 0.392 e. The molecule has 6 nitrogen and oxygen atoms in total. The van der Waals surface area contributed by atoms with Crippen LogP contribution < -0.4 is 17.3 Å². The van der Waals surface area contributed by atoms with E-state index >= 15 is 0 Å². The van der Waals surface area contributed by atoms with Crippen LogP contribution in [0.4, 0.5) is 27.6 Å². The van der Waals surface area contributed by atoms with Crippen LogP contribution in [0.15, 0.2) is 42.7 Å². The van der Waals surface area contributed by atoms with Crippen molar-refractivity contribution in [3.05, 3.63) is 65.5 Å². The molecule has 0 bridgehead atoms. The van der Waals surface area contributed by atoms with Gasteiger partial charge >= 0.3 is 6.18 Å². The van der Waals surface area contributed by atoms with Crippen LogP contribution in [0.5, 0.6) is 0 Å². The molecule has 1 aromatic heterocycles. The quantitative estimate of drug-likeness (QED) is 0.299. The van der Waals surface area contributed by atoms with E-state index in [1.807, 2.05) is 0 Å². The van der Waals surface area contributed by atoms with Crippen molar-refractivity contribution in [1.82, 2.24) is 9.99 Å². The molecular weight excluding hydrogens is 397 g/mol. The zero-order chi connectivity index (χ0) is 22.2. The normalized spacial score (nSPS) is 11.5. The van der Waals surface area contributed by atoms with Crippen molar-refractivity contribution in [2.45, 2.75) is 19.5 Å². The lowest BCUT2D eigenvalue weighted by atomic mass is 10.0. The van der Waals surface area contributed by atoms with E-state index in [0.717, 1.165) is 29.5 Å². The molecule has 0 aliphatic carbocycles. The van der Waals surface area contributed by atoms with Gasteiger partial charge in [-0.05, 0) is 25.1 Å². The Morgan fingerprint density at radius 2 is 1.76 bits per heavy atom. The van der Waals surface area contributed by atoms with Crippen molar-refractivity contribution in [3.63, 3.8) is 0 Å². The minimum Gasteiger partial charge on any atom is -0.398 e. The highest BCUT2D eigenvalue weighted by atomic mass is 19.4. The van der Waals surface area contributed by atoms with E-state index in [-0.39, 0.29) is 16.9 Å². The number of carbonyl (C=O) groups excluding carboxylic acids is 1. The molecule has 6 N–H and O–H groups in total. The van der Waals surface area contributed by atoms with Crippen LogP contribution in [-0.4, -0.2) is 28.6 Å². The van der Waals surface area contributed by atoms with E-state index in [9.17, 15) is 26.7 Å². The summed E-state index contributed by atoms with van der Waals surface area (Å²) >= 11 is 0. The summed E-state index contributed by atoms with van der Waals surface area (Å²) in [7, 11) is 0. The molecule has 29 heavy (non-hydrogen) atoms. The van der Waals surface area contributed by atoms with Crippen LogP contribution >= 0.6 is 0 Å². The fraction of sp³-hybridized carbons (Fsp3) is 0.222. The molecule has 0 aliphatic rings. The number of halogens is 5. The molecule has 0 aliphatic heterocycles.